The van der Waals surface area contributed by atoms with Crippen molar-refractivity contribution in [3.05, 3.63) is 12.4 Å². The molecule has 0 radical (unpaired) electrons. The lowest BCUT2D eigenvalue weighted by atomic mass is 10.1. The summed E-state index contributed by atoms with van der Waals surface area (Å²) in [7, 11) is 0. The second-order valence-corrected chi connectivity index (χ2v) is 6.82. The molecular weight excluding hydrogens is 280 g/mol. The summed E-state index contributed by atoms with van der Waals surface area (Å²) >= 11 is 0. The normalized spacial score (nSPS) is 14.3. The Labute approximate surface area is 133 Å². The molecule has 0 aliphatic carbocycles. The highest BCUT2D eigenvalue weighted by atomic mass is 16.6. The van der Waals surface area contributed by atoms with E-state index in [2.05, 4.69) is 29.6 Å². The number of ether oxygens (including phenoxy) is 1. The summed E-state index contributed by atoms with van der Waals surface area (Å²) < 4.78 is 7.18. The van der Waals surface area contributed by atoms with Gasteiger partial charge in [0.2, 0.25) is 0 Å². The molecule has 2 N–H and O–H groups in total. The molecule has 6 heteroatoms. The van der Waals surface area contributed by atoms with E-state index in [1.165, 1.54) is 0 Å². The number of amides is 1. The molecule has 0 fully saturated rings. The molecule has 1 amide bonds. The fourth-order valence-corrected chi connectivity index (χ4v) is 2.23. The van der Waals surface area contributed by atoms with Gasteiger partial charge in [-0.25, -0.2) is 4.79 Å². The Morgan fingerprint density at radius 2 is 2.05 bits per heavy atom. The van der Waals surface area contributed by atoms with E-state index in [9.17, 15) is 4.79 Å². The Kier molecular flexibility index (Phi) is 6.71. The maximum atomic E-state index is 11.7. The zero-order chi connectivity index (χ0) is 16.8. The van der Waals surface area contributed by atoms with Crippen LogP contribution in [0.15, 0.2) is 12.4 Å². The number of nitrogens with one attached hydrogen (secondary N) is 2. The van der Waals surface area contributed by atoms with E-state index in [-0.39, 0.29) is 18.2 Å². The van der Waals surface area contributed by atoms with E-state index in [0.29, 0.717) is 0 Å². The smallest absolute Gasteiger partial charge is 0.407 e. The molecule has 0 aliphatic rings. The van der Waals surface area contributed by atoms with Gasteiger partial charge in [0.25, 0.3) is 0 Å². The monoisotopic (exact) mass is 310 g/mol. The van der Waals surface area contributed by atoms with Crippen molar-refractivity contribution in [3.63, 3.8) is 0 Å². The van der Waals surface area contributed by atoms with Gasteiger partial charge < -0.3 is 15.4 Å². The Hall–Kier alpha value is -1.72. The van der Waals surface area contributed by atoms with Gasteiger partial charge in [0, 0.05) is 24.8 Å². The quantitative estimate of drug-likeness (QED) is 0.810. The first-order valence-corrected chi connectivity index (χ1v) is 7.98. The summed E-state index contributed by atoms with van der Waals surface area (Å²) in [6.07, 6.45) is 5.33. The predicted octanol–water partition coefficient (Wildman–Crippen LogP) is 3.40. The number of hydrogen-bond acceptors (Lipinski definition) is 4. The largest absolute Gasteiger partial charge is 0.444 e. The summed E-state index contributed by atoms with van der Waals surface area (Å²) in [6, 6.07) is 0.257. The summed E-state index contributed by atoms with van der Waals surface area (Å²) in [6.45, 7) is 12.7. The Morgan fingerprint density at radius 1 is 1.36 bits per heavy atom. The van der Waals surface area contributed by atoms with Crippen molar-refractivity contribution in [1.82, 2.24) is 15.1 Å². The van der Waals surface area contributed by atoms with Crippen LogP contribution in [0.2, 0.25) is 0 Å². The topological polar surface area (TPSA) is 68.2 Å². The number of aryl methyl sites for hydroxylation is 1. The first-order chi connectivity index (χ1) is 10.2. The molecule has 22 heavy (non-hydrogen) atoms. The number of hydrogen-bond donors (Lipinski definition) is 2. The highest BCUT2D eigenvalue weighted by Crippen LogP contribution is 2.11. The molecule has 6 nitrogen and oxygen atoms in total. The van der Waals surface area contributed by atoms with Crippen LogP contribution in [0, 0.1) is 0 Å². The van der Waals surface area contributed by atoms with E-state index in [1.807, 2.05) is 44.8 Å². The lowest BCUT2D eigenvalue weighted by Gasteiger charge is -2.23. The predicted molar refractivity (Wildman–Crippen MR) is 89.1 cm³/mol. The lowest BCUT2D eigenvalue weighted by molar-refractivity contribution is 0.0506. The maximum Gasteiger partial charge on any atom is 0.407 e. The van der Waals surface area contributed by atoms with E-state index in [1.54, 1.807) is 0 Å². The standard InChI is InChI=1S/C16H30N4O2/c1-7-8-20-11-14(10-17-20)18-12(2)9-13(3)19-15(21)22-16(4,5)6/h10-13,18H,7-9H2,1-6H3,(H,19,21)/t12-,13-/m0/s1. The van der Waals surface area contributed by atoms with Gasteiger partial charge in [-0.15, -0.1) is 0 Å². The third-order valence-electron chi connectivity index (χ3n) is 2.97. The lowest BCUT2D eigenvalue weighted by Crippen LogP contribution is -2.39. The van der Waals surface area contributed by atoms with Crippen LogP contribution >= 0.6 is 0 Å². The molecule has 0 saturated heterocycles. The average Bonchev–Trinajstić information content (AvgIpc) is 2.73. The van der Waals surface area contributed by atoms with Gasteiger partial charge in [0.15, 0.2) is 0 Å². The van der Waals surface area contributed by atoms with E-state index < -0.39 is 5.60 Å². The van der Waals surface area contributed by atoms with Gasteiger partial charge in [-0.2, -0.15) is 5.10 Å². The molecule has 1 rings (SSSR count). The van der Waals surface area contributed by atoms with Gasteiger partial charge >= 0.3 is 6.09 Å². The second kappa shape index (κ2) is 8.06. The number of nitrogens with zero attached hydrogens (tertiary/aromatic N) is 2. The Bertz CT molecular complexity index is 465. The highest BCUT2D eigenvalue weighted by Gasteiger charge is 2.18. The van der Waals surface area contributed by atoms with Gasteiger partial charge in [0.05, 0.1) is 11.9 Å². The number of anilines is 1. The molecule has 2 atom stereocenters. The summed E-state index contributed by atoms with van der Waals surface area (Å²) in [5.41, 5.74) is 0.534. The van der Waals surface area contributed by atoms with E-state index in [0.717, 1.165) is 25.1 Å². The molecule has 0 bridgehead atoms. The number of aromatic nitrogens is 2. The van der Waals surface area contributed by atoms with Crippen LogP contribution in [-0.4, -0.2) is 33.6 Å². The van der Waals surface area contributed by atoms with Gasteiger partial charge in [0.1, 0.15) is 5.60 Å². The zero-order valence-electron chi connectivity index (χ0n) is 14.6. The van der Waals surface area contributed by atoms with Crippen LogP contribution in [0.25, 0.3) is 0 Å². The maximum absolute atomic E-state index is 11.7. The number of carbonyl (C=O) groups is 1. The van der Waals surface area contributed by atoms with Crippen molar-refractivity contribution in [2.24, 2.45) is 0 Å². The molecular formula is C16H30N4O2. The molecule has 1 heterocycles. The summed E-state index contributed by atoms with van der Waals surface area (Å²) in [5, 5.41) is 10.5. The summed E-state index contributed by atoms with van der Waals surface area (Å²) in [4.78, 5) is 11.7. The second-order valence-electron chi connectivity index (χ2n) is 6.82. The van der Waals surface area contributed by atoms with Crippen LogP contribution in [-0.2, 0) is 11.3 Å². The fraction of sp³-hybridized carbons (Fsp3) is 0.750. The fourth-order valence-electron chi connectivity index (χ4n) is 2.23. The minimum absolute atomic E-state index is 0.0306. The van der Waals surface area contributed by atoms with Crippen LogP contribution < -0.4 is 10.6 Å². The van der Waals surface area contributed by atoms with Crippen molar-refractivity contribution in [2.45, 2.75) is 78.6 Å². The molecule has 1 aromatic heterocycles. The van der Waals surface area contributed by atoms with Crippen molar-refractivity contribution < 1.29 is 9.53 Å². The average molecular weight is 310 g/mol. The highest BCUT2D eigenvalue weighted by molar-refractivity contribution is 5.68. The van der Waals surface area contributed by atoms with Crippen molar-refractivity contribution >= 4 is 11.8 Å². The van der Waals surface area contributed by atoms with Gasteiger partial charge in [-0.3, -0.25) is 4.68 Å². The Balaban J connectivity index is 2.36. The molecule has 0 spiro atoms. The third kappa shape index (κ3) is 7.33. The van der Waals surface area contributed by atoms with Crippen molar-refractivity contribution in [3.8, 4) is 0 Å². The van der Waals surface area contributed by atoms with Crippen molar-refractivity contribution in [2.75, 3.05) is 5.32 Å². The number of carbonyl (C=O) groups excluding carboxylic acids is 1. The molecule has 0 saturated carbocycles. The van der Waals surface area contributed by atoms with E-state index in [4.69, 9.17) is 4.74 Å². The van der Waals surface area contributed by atoms with E-state index >= 15 is 0 Å². The number of rotatable bonds is 7. The molecule has 0 unspecified atom stereocenters. The molecule has 0 aromatic carbocycles. The van der Waals surface area contributed by atoms with Crippen LogP contribution in [0.4, 0.5) is 10.5 Å². The number of alkyl carbamates (subject to hydrolysis) is 1. The molecule has 0 aliphatic heterocycles. The summed E-state index contributed by atoms with van der Waals surface area (Å²) in [5.74, 6) is 0. The zero-order valence-corrected chi connectivity index (χ0v) is 14.6. The first-order valence-electron chi connectivity index (χ1n) is 7.98. The van der Waals surface area contributed by atoms with Crippen LogP contribution in [0.3, 0.4) is 0 Å². The minimum atomic E-state index is -0.471. The van der Waals surface area contributed by atoms with Crippen molar-refractivity contribution in [1.29, 1.82) is 0 Å². The van der Waals surface area contributed by atoms with Gasteiger partial charge in [-0.05, 0) is 47.5 Å². The van der Waals surface area contributed by atoms with Crippen LogP contribution in [0.5, 0.6) is 0 Å². The molecule has 126 valence electrons. The van der Waals surface area contributed by atoms with Gasteiger partial charge in [-0.1, -0.05) is 6.92 Å². The third-order valence-corrected chi connectivity index (χ3v) is 2.97. The minimum Gasteiger partial charge on any atom is -0.444 e. The van der Waals surface area contributed by atoms with Crippen LogP contribution in [0.1, 0.15) is 54.4 Å². The SMILES string of the molecule is CCCn1cc(N[C@@H](C)C[C@H](C)NC(=O)OC(C)(C)C)cn1. The first kappa shape index (κ1) is 18.3. The molecule has 1 aromatic rings. The Morgan fingerprint density at radius 3 is 2.64 bits per heavy atom.